The summed E-state index contributed by atoms with van der Waals surface area (Å²) in [5.74, 6) is 0.628. The predicted octanol–water partition coefficient (Wildman–Crippen LogP) is 1.64. The molecule has 94 valence electrons. The first kappa shape index (κ1) is 12.4. The number of likely N-dealkylation sites (N-methyl/N-ethyl adjacent to an activating group) is 1. The van der Waals surface area contributed by atoms with E-state index in [-0.39, 0.29) is 0 Å². The van der Waals surface area contributed by atoms with E-state index in [0.29, 0.717) is 16.9 Å². The topological polar surface area (TPSA) is 50.3 Å². The molecule has 1 aliphatic rings. The van der Waals surface area contributed by atoms with Crippen LogP contribution in [0.25, 0.3) is 0 Å². The Morgan fingerprint density at radius 2 is 2.35 bits per heavy atom. The lowest BCUT2D eigenvalue weighted by atomic mass is 10.5. The molecule has 0 amide bonds. The zero-order chi connectivity index (χ0) is 12.3. The highest BCUT2D eigenvalue weighted by Gasteiger charge is 2.25. The summed E-state index contributed by atoms with van der Waals surface area (Å²) in [7, 11) is 3.68. The van der Waals surface area contributed by atoms with Gasteiger partial charge in [-0.25, -0.2) is 4.98 Å². The van der Waals surface area contributed by atoms with E-state index >= 15 is 0 Å². The third kappa shape index (κ3) is 3.44. The zero-order valence-corrected chi connectivity index (χ0v) is 10.9. The van der Waals surface area contributed by atoms with Gasteiger partial charge >= 0.3 is 6.01 Å². The Kier molecular flexibility index (Phi) is 4.02. The van der Waals surface area contributed by atoms with Crippen LogP contribution in [-0.2, 0) is 0 Å². The number of methoxy groups -OCH3 is 1. The Morgan fingerprint density at radius 1 is 1.59 bits per heavy atom. The van der Waals surface area contributed by atoms with Gasteiger partial charge in [0.15, 0.2) is 5.82 Å². The zero-order valence-electron chi connectivity index (χ0n) is 10.1. The Labute approximate surface area is 106 Å². The second-order valence-corrected chi connectivity index (χ2v) is 4.60. The van der Waals surface area contributed by atoms with Crippen LogP contribution >= 0.6 is 11.6 Å². The lowest BCUT2D eigenvalue weighted by Gasteiger charge is -2.16. The fourth-order valence-electron chi connectivity index (χ4n) is 1.62. The quantitative estimate of drug-likeness (QED) is 0.839. The van der Waals surface area contributed by atoms with Crippen molar-refractivity contribution >= 4 is 17.4 Å². The van der Waals surface area contributed by atoms with Crippen LogP contribution in [0, 0.1) is 0 Å². The molecule has 1 fully saturated rings. The first-order valence-corrected chi connectivity index (χ1v) is 6.09. The third-order valence-corrected chi connectivity index (χ3v) is 3.11. The van der Waals surface area contributed by atoms with Crippen molar-refractivity contribution in [1.82, 2.24) is 14.9 Å². The number of nitrogens with zero attached hydrogens (tertiary/aromatic N) is 3. The highest BCUT2D eigenvalue weighted by Crippen LogP contribution is 2.25. The number of halogens is 1. The van der Waals surface area contributed by atoms with Crippen LogP contribution in [0.3, 0.4) is 0 Å². The molecule has 17 heavy (non-hydrogen) atoms. The minimum absolute atomic E-state index is 0.326. The van der Waals surface area contributed by atoms with Gasteiger partial charge in [0.05, 0.1) is 13.3 Å². The summed E-state index contributed by atoms with van der Waals surface area (Å²) >= 11 is 5.99. The summed E-state index contributed by atoms with van der Waals surface area (Å²) in [4.78, 5) is 10.4. The number of ether oxygens (including phenoxy) is 1. The number of aromatic nitrogens is 2. The lowest BCUT2D eigenvalue weighted by molar-refractivity contribution is 0.337. The largest absolute Gasteiger partial charge is 0.467 e. The smallest absolute Gasteiger partial charge is 0.318 e. The van der Waals surface area contributed by atoms with E-state index in [0.717, 1.165) is 19.1 Å². The minimum Gasteiger partial charge on any atom is -0.467 e. The molecule has 1 aromatic rings. The summed E-state index contributed by atoms with van der Waals surface area (Å²) in [6.45, 7) is 1.79. The van der Waals surface area contributed by atoms with E-state index in [4.69, 9.17) is 16.3 Å². The van der Waals surface area contributed by atoms with Crippen LogP contribution in [0.15, 0.2) is 6.20 Å². The highest BCUT2D eigenvalue weighted by molar-refractivity contribution is 6.32. The Hall–Kier alpha value is -1.07. The molecule has 0 saturated heterocycles. The van der Waals surface area contributed by atoms with Crippen molar-refractivity contribution in [3.05, 3.63) is 11.2 Å². The molecule has 5 nitrogen and oxygen atoms in total. The number of hydrogen-bond acceptors (Lipinski definition) is 5. The monoisotopic (exact) mass is 256 g/mol. The summed E-state index contributed by atoms with van der Waals surface area (Å²) in [5, 5.41) is 3.71. The minimum atomic E-state index is 0.326. The molecule has 0 unspecified atom stereocenters. The van der Waals surface area contributed by atoms with Crippen molar-refractivity contribution in [3.63, 3.8) is 0 Å². The number of hydrogen-bond donors (Lipinski definition) is 1. The van der Waals surface area contributed by atoms with Crippen LogP contribution in [-0.4, -0.2) is 48.2 Å². The molecule has 1 heterocycles. The van der Waals surface area contributed by atoms with Crippen LogP contribution in [0.1, 0.15) is 12.8 Å². The van der Waals surface area contributed by atoms with Crippen molar-refractivity contribution in [1.29, 1.82) is 0 Å². The Morgan fingerprint density at radius 3 is 3.00 bits per heavy atom. The van der Waals surface area contributed by atoms with Gasteiger partial charge in [0.1, 0.15) is 5.02 Å². The van der Waals surface area contributed by atoms with E-state index in [2.05, 4.69) is 27.2 Å². The van der Waals surface area contributed by atoms with E-state index < -0.39 is 0 Å². The van der Waals surface area contributed by atoms with Crippen LogP contribution in [0.2, 0.25) is 5.02 Å². The van der Waals surface area contributed by atoms with Gasteiger partial charge in [-0.1, -0.05) is 11.6 Å². The summed E-state index contributed by atoms with van der Waals surface area (Å²) in [5.41, 5.74) is 0. The SMILES string of the molecule is COc1ncc(Cl)c(NCCN(C)C2CC2)n1. The van der Waals surface area contributed by atoms with Crippen LogP contribution < -0.4 is 10.1 Å². The molecule has 1 N–H and O–H groups in total. The standard InChI is InChI=1S/C11H17ClN4O/c1-16(8-3-4-8)6-5-13-10-9(12)7-14-11(15-10)17-2/h7-8H,3-6H2,1-2H3,(H,13,14,15). The molecule has 2 rings (SSSR count). The molecular weight excluding hydrogens is 240 g/mol. The molecule has 0 aromatic carbocycles. The average molecular weight is 257 g/mol. The summed E-state index contributed by atoms with van der Waals surface area (Å²) in [6, 6.07) is 1.10. The van der Waals surface area contributed by atoms with Gasteiger partial charge in [0, 0.05) is 19.1 Å². The number of anilines is 1. The maximum Gasteiger partial charge on any atom is 0.318 e. The summed E-state index contributed by atoms with van der Waals surface area (Å²) < 4.78 is 4.95. The van der Waals surface area contributed by atoms with Crippen molar-refractivity contribution < 1.29 is 4.74 Å². The van der Waals surface area contributed by atoms with Gasteiger partial charge in [0.25, 0.3) is 0 Å². The normalized spacial score (nSPS) is 15.1. The van der Waals surface area contributed by atoms with Gasteiger partial charge in [-0.3, -0.25) is 0 Å². The molecule has 0 radical (unpaired) electrons. The van der Waals surface area contributed by atoms with Crippen LogP contribution in [0.4, 0.5) is 5.82 Å². The van der Waals surface area contributed by atoms with E-state index in [1.165, 1.54) is 20.0 Å². The average Bonchev–Trinajstić information content (AvgIpc) is 3.15. The second kappa shape index (κ2) is 5.51. The molecule has 0 spiro atoms. The van der Waals surface area contributed by atoms with Crippen LogP contribution in [0.5, 0.6) is 6.01 Å². The first-order valence-electron chi connectivity index (χ1n) is 5.71. The van der Waals surface area contributed by atoms with Crippen molar-refractivity contribution in [3.8, 4) is 6.01 Å². The van der Waals surface area contributed by atoms with Gasteiger partial charge < -0.3 is 15.0 Å². The second-order valence-electron chi connectivity index (χ2n) is 4.19. The lowest BCUT2D eigenvalue weighted by Crippen LogP contribution is -2.27. The van der Waals surface area contributed by atoms with Gasteiger partial charge in [-0.15, -0.1) is 0 Å². The van der Waals surface area contributed by atoms with Gasteiger partial charge in [-0.2, -0.15) is 4.98 Å². The maximum atomic E-state index is 5.99. The molecule has 1 saturated carbocycles. The maximum absolute atomic E-state index is 5.99. The predicted molar refractivity (Wildman–Crippen MR) is 67.7 cm³/mol. The third-order valence-electron chi connectivity index (χ3n) is 2.83. The summed E-state index contributed by atoms with van der Waals surface area (Å²) in [6.07, 6.45) is 4.18. The van der Waals surface area contributed by atoms with E-state index in [9.17, 15) is 0 Å². The molecule has 1 aliphatic carbocycles. The Bertz CT molecular complexity index is 384. The molecule has 0 aliphatic heterocycles. The van der Waals surface area contributed by atoms with Crippen molar-refractivity contribution in [2.24, 2.45) is 0 Å². The van der Waals surface area contributed by atoms with Crippen molar-refractivity contribution in [2.45, 2.75) is 18.9 Å². The molecule has 0 bridgehead atoms. The fraction of sp³-hybridized carbons (Fsp3) is 0.636. The Balaban J connectivity index is 1.84. The molecule has 0 atom stereocenters. The molecule has 6 heteroatoms. The van der Waals surface area contributed by atoms with E-state index in [1.807, 2.05) is 0 Å². The highest BCUT2D eigenvalue weighted by atomic mass is 35.5. The van der Waals surface area contributed by atoms with Crippen molar-refractivity contribution in [2.75, 3.05) is 32.6 Å². The first-order chi connectivity index (χ1) is 8.20. The fourth-order valence-corrected chi connectivity index (χ4v) is 1.78. The number of nitrogens with one attached hydrogen (secondary N) is 1. The molecular formula is C11H17ClN4O. The van der Waals surface area contributed by atoms with Gasteiger partial charge in [-0.05, 0) is 19.9 Å². The number of rotatable bonds is 6. The van der Waals surface area contributed by atoms with E-state index in [1.54, 1.807) is 6.20 Å². The van der Waals surface area contributed by atoms with Gasteiger partial charge in [0.2, 0.25) is 0 Å². The molecule has 1 aromatic heterocycles.